The van der Waals surface area contributed by atoms with Crippen LogP contribution in [-0.4, -0.2) is 19.0 Å². The number of nitrogens with zero attached hydrogens (tertiary/aromatic N) is 1. The maximum absolute atomic E-state index is 11.6. The third kappa shape index (κ3) is 2.99. The van der Waals surface area contributed by atoms with Gasteiger partial charge in [0.1, 0.15) is 0 Å². The molecule has 92 valence electrons. The Morgan fingerprint density at radius 2 is 1.82 bits per heavy atom. The maximum Gasteiger partial charge on any atom is 0.227 e. The van der Waals surface area contributed by atoms with Gasteiger partial charge in [0.05, 0.1) is 0 Å². The monoisotopic (exact) mass is 232 g/mol. The van der Waals surface area contributed by atoms with Crippen molar-refractivity contribution in [1.82, 2.24) is 0 Å². The fraction of sp³-hybridized carbons (Fsp3) is 0.500. The molecule has 0 heterocycles. The summed E-state index contributed by atoms with van der Waals surface area (Å²) >= 11 is 0. The molecule has 1 amide bonds. The molecule has 2 rings (SSSR count). The van der Waals surface area contributed by atoms with E-state index < -0.39 is 0 Å². The molecule has 1 fully saturated rings. The van der Waals surface area contributed by atoms with Crippen molar-refractivity contribution in [2.24, 2.45) is 5.92 Å². The molecule has 0 aliphatic heterocycles. The van der Waals surface area contributed by atoms with Gasteiger partial charge in [-0.25, -0.2) is 0 Å². The standard InChI is InChI=1S/C14H20N2O/c1-3-16(4-2)13-9-7-12(8-10-13)15-14(17)11-5-6-11/h7-11H,3-6H2,1-2H3,(H,15,17). The lowest BCUT2D eigenvalue weighted by Gasteiger charge is -2.21. The molecule has 0 atom stereocenters. The Hall–Kier alpha value is -1.51. The molecule has 3 nitrogen and oxygen atoms in total. The lowest BCUT2D eigenvalue weighted by Crippen LogP contribution is -2.21. The van der Waals surface area contributed by atoms with Crippen molar-refractivity contribution in [3.8, 4) is 0 Å². The van der Waals surface area contributed by atoms with E-state index in [4.69, 9.17) is 0 Å². The molecule has 3 heteroatoms. The first-order valence-electron chi connectivity index (χ1n) is 6.40. The summed E-state index contributed by atoms with van der Waals surface area (Å²) in [5, 5.41) is 2.95. The first-order chi connectivity index (χ1) is 8.24. The van der Waals surface area contributed by atoms with Gasteiger partial charge in [-0.3, -0.25) is 4.79 Å². The summed E-state index contributed by atoms with van der Waals surface area (Å²) in [5.74, 6) is 0.429. The van der Waals surface area contributed by atoms with Crippen LogP contribution >= 0.6 is 0 Å². The Kier molecular flexibility index (Phi) is 3.67. The van der Waals surface area contributed by atoms with Gasteiger partial charge < -0.3 is 10.2 Å². The van der Waals surface area contributed by atoms with Gasteiger partial charge in [0.25, 0.3) is 0 Å². The third-order valence-corrected chi connectivity index (χ3v) is 3.21. The van der Waals surface area contributed by atoms with Gasteiger partial charge in [-0.2, -0.15) is 0 Å². The van der Waals surface area contributed by atoms with Crippen LogP contribution in [0.1, 0.15) is 26.7 Å². The Balaban J connectivity index is 1.99. The van der Waals surface area contributed by atoms with Gasteiger partial charge >= 0.3 is 0 Å². The zero-order valence-electron chi connectivity index (χ0n) is 10.6. The molecule has 1 N–H and O–H groups in total. The van der Waals surface area contributed by atoms with Crippen molar-refractivity contribution in [3.05, 3.63) is 24.3 Å². The first-order valence-corrected chi connectivity index (χ1v) is 6.40. The van der Waals surface area contributed by atoms with Crippen molar-refractivity contribution in [3.63, 3.8) is 0 Å². The summed E-state index contributed by atoms with van der Waals surface area (Å²) in [6, 6.07) is 8.09. The van der Waals surface area contributed by atoms with Crippen molar-refractivity contribution < 1.29 is 4.79 Å². The van der Waals surface area contributed by atoms with Crippen LogP contribution in [0.2, 0.25) is 0 Å². The minimum Gasteiger partial charge on any atom is -0.372 e. The number of carbonyl (C=O) groups is 1. The van der Waals surface area contributed by atoms with Crippen molar-refractivity contribution in [2.75, 3.05) is 23.3 Å². The molecule has 0 radical (unpaired) electrons. The molecular weight excluding hydrogens is 212 g/mol. The van der Waals surface area contributed by atoms with Gasteiger partial charge in [-0.15, -0.1) is 0 Å². The molecule has 1 aromatic carbocycles. The minimum atomic E-state index is 0.167. The van der Waals surface area contributed by atoms with Crippen molar-refractivity contribution in [1.29, 1.82) is 0 Å². The van der Waals surface area contributed by atoms with Crippen LogP contribution in [0.3, 0.4) is 0 Å². The Morgan fingerprint density at radius 1 is 1.24 bits per heavy atom. The average Bonchev–Trinajstić information content (AvgIpc) is 3.17. The molecule has 1 aliphatic rings. The Morgan fingerprint density at radius 3 is 2.29 bits per heavy atom. The van der Waals surface area contributed by atoms with Crippen LogP contribution in [0, 0.1) is 5.92 Å². The van der Waals surface area contributed by atoms with E-state index in [2.05, 4.69) is 36.2 Å². The van der Waals surface area contributed by atoms with Gasteiger partial charge in [0.15, 0.2) is 0 Å². The summed E-state index contributed by atoms with van der Waals surface area (Å²) in [5.41, 5.74) is 2.11. The number of hydrogen-bond acceptors (Lipinski definition) is 2. The second-order valence-corrected chi connectivity index (χ2v) is 4.48. The Bertz CT molecular complexity index is 378. The second kappa shape index (κ2) is 5.21. The van der Waals surface area contributed by atoms with E-state index in [9.17, 15) is 4.79 Å². The highest BCUT2D eigenvalue weighted by molar-refractivity contribution is 5.94. The smallest absolute Gasteiger partial charge is 0.227 e. The van der Waals surface area contributed by atoms with Crippen molar-refractivity contribution in [2.45, 2.75) is 26.7 Å². The number of rotatable bonds is 5. The van der Waals surface area contributed by atoms with Gasteiger partial charge in [-0.1, -0.05) is 0 Å². The van der Waals surface area contributed by atoms with E-state index in [1.807, 2.05) is 12.1 Å². The van der Waals surface area contributed by atoms with Crippen LogP contribution in [0.15, 0.2) is 24.3 Å². The van der Waals surface area contributed by atoms with E-state index in [-0.39, 0.29) is 11.8 Å². The lowest BCUT2D eigenvalue weighted by atomic mass is 10.2. The van der Waals surface area contributed by atoms with Crippen LogP contribution in [0.4, 0.5) is 11.4 Å². The average molecular weight is 232 g/mol. The molecular formula is C14H20N2O. The Labute approximate surface area is 103 Å². The minimum absolute atomic E-state index is 0.167. The summed E-state index contributed by atoms with van der Waals surface area (Å²) in [6.07, 6.45) is 2.09. The van der Waals surface area contributed by atoms with Crippen LogP contribution in [0.25, 0.3) is 0 Å². The fourth-order valence-corrected chi connectivity index (χ4v) is 1.93. The van der Waals surface area contributed by atoms with Gasteiger partial charge in [0.2, 0.25) is 5.91 Å². The zero-order chi connectivity index (χ0) is 12.3. The second-order valence-electron chi connectivity index (χ2n) is 4.48. The molecule has 0 bridgehead atoms. The van der Waals surface area contributed by atoms with Crippen molar-refractivity contribution >= 4 is 17.3 Å². The highest BCUT2D eigenvalue weighted by Gasteiger charge is 2.29. The first kappa shape index (κ1) is 12.0. The summed E-state index contributed by atoms with van der Waals surface area (Å²) in [6.45, 7) is 6.30. The highest BCUT2D eigenvalue weighted by Crippen LogP contribution is 2.30. The zero-order valence-corrected chi connectivity index (χ0v) is 10.6. The normalized spacial score (nSPS) is 14.5. The van der Waals surface area contributed by atoms with Crippen LogP contribution < -0.4 is 10.2 Å². The number of amides is 1. The molecule has 1 saturated carbocycles. The number of hydrogen-bond donors (Lipinski definition) is 1. The van der Waals surface area contributed by atoms with E-state index in [0.29, 0.717) is 0 Å². The van der Waals surface area contributed by atoms with E-state index in [1.54, 1.807) is 0 Å². The lowest BCUT2D eigenvalue weighted by molar-refractivity contribution is -0.117. The predicted octanol–water partition coefficient (Wildman–Crippen LogP) is 2.88. The number of nitrogens with one attached hydrogen (secondary N) is 1. The summed E-state index contributed by atoms with van der Waals surface area (Å²) in [7, 11) is 0. The van der Waals surface area contributed by atoms with Crippen LogP contribution in [-0.2, 0) is 4.79 Å². The van der Waals surface area contributed by atoms with E-state index >= 15 is 0 Å². The summed E-state index contributed by atoms with van der Waals surface area (Å²) < 4.78 is 0. The largest absolute Gasteiger partial charge is 0.372 e. The van der Waals surface area contributed by atoms with E-state index in [0.717, 1.165) is 31.6 Å². The molecule has 0 unspecified atom stereocenters. The number of carbonyl (C=O) groups excluding carboxylic acids is 1. The molecule has 17 heavy (non-hydrogen) atoms. The predicted molar refractivity (Wildman–Crippen MR) is 71.4 cm³/mol. The molecule has 1 aromatic rings. The summed E-state index contributed by atoms with van der Waals surface area (Å²) in [4.78, 5) is 13.9. The highest BCUT2D eigenvalue weighted by atomic mass is 16.2. The van der Waals surface area contributed by atoms with Gasteiger partial charge in [-0.05, 0) is 51.0 Å². The molecule has 0 spiro atoms. The fourth-order valence-electron chi connectivity index (χ4n) is 1.93. The topological polar surface area (TPSA) is 32.3 Å². The molecule has 1 aliphatic carbocycles. The van der Waals surface area contributed by atoms with E-state index in [1.165, 1.54) is 5.69 Å². The molecule has 0 saturated heterocycles. The third-order valence-electron chi connectivity index (χ3n) is 3.21. The van der Waals surface area contributed by atoms with Gasteiger partial charge in [0, 0.05) is 30.4 Å². The SMILES string of the molecule is CCN(CC)c1ccc(NC(=O)C2CC2)cc1. The maximum atomic E-state index is 11.6. The number of benzene rings is 1. The number of anilines is 2. The molecule has 0 aromatic heterocycles. The quantitative estimate of drug-likeness (QED) is 0.846. The van der Waals surface area contributed by atoms with Crippen LogP contribution in [0.5, 0.6) is 0 Å².